The van der Waals surface area contributed by atoms with Gasteiger partial charge in [-0.1, -0.05) is 0 Å². The van der Waals surface area contributed by atoms with Gasteiger partial charge >= 0.3 is 65.3 Å². The largest absolute Gasteiger partial charge is 4.00 e. The fraction of sp³-hybridized carbons (Fsp3) is 0. The molecule has 0 aliphatic rings. The predicted molar refractivity (Wildman–Crippen MR) is 38.5 cm³/mol. The topological polar surface area (TPSA) is 257 Å². The Labute approximate surface area is 139 Å². The van der Waals surface area contributed by atoms with Crippen LogP contribution in [0.1, 0.15) is 0 Å². The summed E-state index contributed by atoms with van der Waals surface area (Å²) in [5.74, 6) is 0. The fourth-order valence-corrected chi connectivity index (χ4v) is 0. The van der Waals surface area contributed by atoms with Crippen molar-refractivity contribution in [2.45, 2.75) is 0 Å². The van der Waals surface area contributed by atoms with Gasteiger partial charge in [-0.25, -0.2) is 0 Å². The Kier molecular flexibility index (Phi) is 63.2. The molecule has 18 heteroatoms. The van der Waals surface area contributed by atoms with Crippen molar-refractivity contribution in [2.24, 2.45) is 0 Å². The number of hydrogen-bond acceptors (Lipinski definition) is 12. The molecule has 98 valence electrons. The smallest absolute Gasteiger partial charge is 0.907 e. The Balaban J connectivity index is -0.0000000257. The molecule has 12 nitrogen and oxygen atoms in total. The molecule has 0 heterocycles. The van der Waals surface area contributed by atoms with Gasteiger partial charge in [0.1, 0.15) is 0 Å². The van der Waals surface area contributed by atoms with Crippen LogP contribution in [-0.2, 0) is 21.1 Å². The van der Waals surface area contributed by atoms with Crippen molar-refractivity contribution in [2.75, 3.05) is 0 Å². The molecule has 0 atom stereocenters. The van der Waals surface area contributed by atoms with Crippen molar-refractivity contribution in [1.29, 1.82) is 0 Å². The van der Waals surface area contributed by atoms with Gasteiger partial charge in [0.05, 0.1) is 7.32 Å². The predicted octanol–water partition coefficient (Wildman–Crippen LogP) is -14.4. The Morgan fingerprint density at radius 1 is 0.556 bits per heavy atom. The van der Waals surface area contributed by atoms with Gasteiger partial charge in [-0.05, 0) is 0 Å². The van der Waals surface area contributed by atoms with Crippen molar-refractivity contribution < 1.29 is 111 Å². The monoisotopic (exact) mass is 364 g/mol. The van der Waals surface area contributed by atoms with E-state index in [1.807, 2.05) is 0 Å². The summed E-state index contributed by atoms with van der Waals surface area (Å²) in [6.07, 6.45) is 0. The molecule has 0 aliphatic carbocycles. The summed E-state index contributed by atoms with van der Waals surface area (Å²) in [6, 6.07) is 0. The molecule has 7 N–H and O–H groups in total. The zero-order chi connectivity index (χ0) is 14.3. The van der Waals surface area contributed by atoms with Crippen LogP contribution in [-0.4, -0.2) is 64.5 Å². The molecule has 0 aromatic rings. The molecule has 0 amide bonds. The molecule has 0 aliphatic heterocycles. The molecular formula is H7B4MoNaO12. The van der Waals surface area contributed by atoms with Gasteiger partial charge in [-0.3, -0.25) is 7.32 Å². The van der Waals surface area contributed by atoms with E-state index in [1.165, 1.54) is 0 Å². The standard InChI is InChI=1S/2BH3O3.BHO3.BO3.Mo.Na/c4*2-1(3)4;;/h2*2-4H;2H;;;/q;;-2;-3;+4;+1. The van der Waals surface area contributed by atoms with Crippen LogP contribution in [0.2, 0.25) is 0 Å². The van der Waals surface area contributed by atoms with Crippen LogP contribution in [0.5, 0.6) is 0 Å². The summed E-state index contributed by atoms with van der Waals surface area (Å²) in [5.41, 5.74) is 0. The average molecular weight is 361 g/mol. The minimum Gasteiger partial charge on any atom is -0.907 e. The first-order valence-electron chi connectivity index (χ1n) is 2.99. The summed E-state index contributed by atoms with van der Waals surface area (Å²) >= 11 is 0. The normalized spacial score (nSPS) is 6.00. The van der Waals surface area contributed by atoms with E-state index in [9.17, 15) is 0 Å². The first-order valence-corrected chi connectivity index (χ1v) is 2.99. The molecule has 0 aromatic heterocycles. The van der Waals surface area contributed by atoms with Crippen LogP contribution < -0.4 is 54.7 Å². The minimum atomic E-state index is -2.92. The fourth-order valence-electron chi connectivity index (χ4n) is 0. The van der Waals surface area contributed by atoms with E-state index in [4.69, 9.17) is 60.3 Å². The van der Waals surface area contributed by atoms with Gasteiger partial charge < -0.3 is 60.3 Å². The van der Waals surface area contributed by atoms with Gasteiger partial charge in [-0.2, -0.15) is 0 Å². The van der Waals surface area contributed by atoms with Crippen molar-refractivity contribution in [3.8, 4) is 0 Å². The molecule has 0 spiro atoms. The molecular weight excluding hydrogens is 354 g/mol. The summed E-state index contributed by atoms with van der Waals surface area (Å²) in [4.78, 5) is 0. The number of hydrogen-bond donors (Lipinski definition) is 7. The zero-order valence-corrected chi connectivity index (χ0v) is 12.9. The van der Waals surface area contributed by atoms with Crippen LogP contribution in [0.4, 0.5) is 0 Å². The molecule has 0 saturated carbocycles. The summed E-state index contributed by atoms with van der Waals surface area (Å²) in [5, 5.41) is 92.3. The van der Waals surface area contributed by atoms with Crippen LogP contribution in [0.15, 0.2) is 0 Å². The zero-order valence-electron chi connectivity index (χ0n) is 8.89. The van der Waals surface area contributed by atoms with E-state index < -0.39 is 29.3 Å². The molecule has 0 saturated heterocycles. The molecule has 0 bridgehead atoms. The summed E-state index contributed by atoms with van der Waals surface area (Å²) in [6.45, 7) is 0. The van der Waals surface area contributed by atoms with E-state index in [-0.39, 0.29) is 50.6 Å². The summed E-state index contributed by atoms with van der Waals surface area (Å²) in [7, 11) is -9.92. The SMILES string of the molecule is OB(O)O.OB(O)O.[Mo+4].[Na+].[O-]B([O-])O.[O-]B([O-])[O-]. The van der Waals surface area contributed by atoms with Gasteiger partial charge in [-0.15, -0.1) is 0 Å². The van der Waals surface area contributed by atoms with Crippen LogP contribution in [0, 0.1) is 0 Å². The Morgan fingerprint density at radius 3 is 0.556 bits per heavy atom. The third-order valence-electron chi connectivity index (χ3n) is 0. The molecule has 0 rings (SSSR count). The van der Waals surface area contributed by atoms with E-state index in [2.05, 4.69) is 0 Å². The second-order valence-electron chi connectivity index (χ2n) is 1.29. The second kappa shape index (κ2) is 31.1. The number of rotatable bonds is 0. The Hall–Kier alpha value is 1.47. The van der Waals surface area contributed by atoms with E-state index in [0.717, 1.165) is 0 Å². The second-order valence-corrected chi connectivity index (χ2v) is 1.29. The Morgan fingerprint density at radius 2 is 0.556 bits per heavy atom. The van der Waals surface area contributed by atoms with Crippen molar-refractivity contribution in [3.05, 3.63) is 0 Å². The van der Waals surface area contributed by atoms with Gasteiger partial charge in [0.2, 0.25) is 0 Å². The molecule has 0 unspecified atom stereocenters. The average Bonchev–Trinajstić information content (AvgIpc) is 1.76. The maximum absolute atomic E-state index is 8.53. The van der Waals surface area contributed by atoms with Crippen molar-refractivity contribution in [3.63, 3.8) is 0 Å². The third kappa shape index (κ3) is 2200. The molecule has 0 fully saturated rings. The quantitative estimate of drug-likeness (QED) is 0.198. The third-order valence-corrected chi connectivity index (χ3v) is 0. The van der Waals surface area contributed by atoms with E-state index in [0.29, 0.717) is 0 Å². The van der Waals surface area contributed by atoms with Gasteiger partial charge in [0, 0.05) is 0 Å². The molecule has 0 radical (unpaired) electrons. The minimum absolute atomic E-state index is 0. The van der Waals surface area contributed by atoms with E-state index in [1.54, 1.807) is 0 Å². The van der Waals surface area contributed by atoms with E-state index >= 15 is 0 Å². The molecule has 18 heavy (non-hydrogen) atoms. The van der Waals surface area contributed by atoms with Crippen LogP contribution in [0.25, 0.3) is 0 Å². The first-order chi connectivity index (χ1) is 6.93. The molecule has 0 aromatic carbocycles. The maximum Gasteiger partial charge on any atom is 4.00 e. The van der Waals surface area contributed by atoms with Crippen molar-refractivity contribution in [1.82, 2.24) is 0 Å². The Bertz CT molecular complexity index is 67.1. The van der Waals surface area contributed by atoms with Crippen molar-refractivity contribution >= 4 is 29.3 Å². The first kappa shape index (κ1) is 36.6. The van der Waals surface area contributed by atoms with Gasteiger partial charge in [0.25, 0.3) is 0 Å². The van der Waals surface area contributed by atoms with Crippen LogP contribution in [0.3, 0.4) is 0 Å². The maximum atomic E-state index is 8.53. The van der Waals surface area contributed by atoms with Crippen LogP contribution >= 0.6 is 0 Å². The summed E-state index contributed by atoms with van der Waals surface area (Å²) < 4.78 is 0. The van der Waals surface area contributed by atoms with Gasteiger partial charge in [0.15, 0.2) is 0 Å².